The van der Waals surface area contributed by atoms with Crippen LogP contribution in [0.5, 0.6) is 5.75 Å². The van der Waals surface area contributed by atoms with Gasteiger partial charge in [0, 0.05) is 26.1 Å². The Balaban J connectivity index is 0.00000576. The van der Waals surface area contributed by atoms with Crippen molar-refractivity contribution in [3.8, 4) is 5.75 Å². The predicted octanol–water partition coefficient (Wildman–Crippen LogP) is 3.77. The summed E-state index contributed by atoms with van der Waals surface area (Å²) in [5.74, 6) is 0.0878. The molecule has 1 atom stereocenters. The number of aryl methyl sites for hydroxylation is 1. The normalized spacial score (nSPS) is 12.5. The van der Waals surface area contributed by atoms with Gasteiger partial charge >= 0.3 is 6.36 Å². The highest BCUT2D eigenvalue weighted by Crippen LogP contribution is 2.23. The molecular formula is C17H26ClF3N2O2. The highest BCUT2D eigenvalue weighted by Gasteiger charge is 2.30. The van der Waals surface area contributed by atoms with E-state index in [1.54, 1.807) is 11.9 Å². The van der Waals surface area contributed by atoms with Crippen LogP contribution in [0.25, 0.3) is 0 Å². The largest absolute Gasteiger partial charge is 0.573 e. The number of hydrogen-bond donors (Lipinski definition) is 1. The molecule has 25 heavy (non-hydrogen) atoms. The maximum absolute atomic E-state index is 12.1. The Morgan fingerprint density at radius 2 is 1.80 bits per heavy atom. The average Bonchev–Trinajstić information content (AvgIpc) is 2.49. The van der Waals surface area contributed by atoms with Gasteiger partial charge in [-0.15, -0.1) is 25.6 Å². The molecule has 1 aromatic rings. The smallest absolute Gasteiger partial charge is 0.406 e. The van der Waals surface area contributed by atoms with Gasteiger partial charge in [-0.05, 0) is 36.5 Å². The van der Waals surface area contributed by atoms with Crippen molar-refractivity contribution < 1.29 is 22.7 Å². The van der Waals surface area contributed by atoms with E-state index in [4.69, 9.17) is 5.73 Å². The standard InChI is InChI=1S/C17H25F3N2O2.ClH/c1-12(2)15(21)10-11-22(3)16(23)9-6-13-4-7-14(8-5-13)24-17(18,19)20;/h4-5,7-8,12,15H,6,9-11,21H2,1-3H3;1H. The quantitative estimate of drug-likeness (QED) is 0.744. The van der Waals surface area contributed by atoms with Crippen LogP contribution in [0, 0.1) is 5.92 Å². The fourth-order valence-electron chi connectivity index (χ4n) is 2.10. The number of alkyl halides is 3. The van der Waals surface area contributed by atoms with Gasteiger partial charge in [-0.3, -0.25) is 4.79 Å². The Morgan fingerprint density at radius 3 is 2.28 bits per heavy atom. The first kappa shape index (κ1) is 23.5. The molecule has 0 saturated carbocycles. The first-order valence-corrected chi connectivity index (χ1v) is 7.92. The van der Waals surface area contributed by atoms with Crippen molar-refractivity contribution in [1.29, 1.82) is 0 Å². The molecule has 1 aromatic carbocycles. The second kappa shape index (κ2) is 10.5. The maximum atomic E-state index is 12.1. The molecule has 144 valence electrons. The summed E-state index contributed by atoms with van der Waals surface area (Å²) in [7, 11) is 1.73. The molecule has 0 aliphatic carbocycles. The van der Waals surface area contributed by atoms with E-state index in [1.807, 2.05) is 13.8 Å². The third-order valence-electron chi connectivity index (χ3n) is 3.86. The fourth-order valence-corrected chi connectivity index (χ4v) is 2.10. The zero-order valence-corrected chi connectivity index (χ0v) is 15.5. The molecule has 0 spiro atoms. The van der Waals surface area contributed by atoms with Gasteiger partial charge in [-0.2, -0.15) is 0 Å². The zero-order chi connectivity index (χ0) is 18.3. The first-order valence-electron chi connectivity index (χ1n) is 7.92. The Hall–Kier alpha value is -1.47. The molecule has 1 rings (SSSR count). The molecule has 0 aliphatic rings. The van der Waals surface area contributed by atoms with E-state index >= 15 is 0 Å². The van der Waals surface area contributed by atoms with Crippen LogP contribution in [0.3, 0.4) is 0 Å². The number of hydrogen-bond acceptors (Lipinski definition) is 3. The molecule has 8 heteroatoms. The van der Waals surface area contributed by atoms with E-state index < -0.39 is 6.36 Å². The van der Waals surface area contributed by atoms with Crippen LogP contribution in [0.4, 0.5) is 13.2 Å². The third kappa shape index (κ3) is 9.55. The van der Waals surface area contributed by atoms with Gasteiger partial charge in [-0.1, -0.05) is 26.0 Å². The lowest BCUT2D eigenvalue weighted by Crippen LogP contribution is -2.34. The van der Waals surface area contributed by atoms with Crippen LogP contribution in [0.2, 0.25) is 0 Å². The van der Waals surface area contributed by atoms with Crippen molar-refractivity contribution in [3.63, 3.8) is 0 Å². The van der Waals surface area contributed by atoms with Gasteiger partial charge in [0.1, 0.15) is 5.75 Å². The van der Waals surface area contributed by atoms with Crippen molar-refractivity contribution in [2.24, 2.45) is 11.7 Å². The monoisotopic (exact) mass is 382 g/mol. The number of benzene rings is 1. The lowest BCUT2D eigenvalue weighted by Gasteiger charge is -2.21. The Labute approximate surface area is 152 Å². The van der Waals surface area contributed by atoms with Gasteiger partial charge in [0.15, 0.2) is 0 Å². The first-order chi connectivity index (χ1) is 11.1. The number of halogens is 4. The van der Waals surface area contributed by atoms with Crippen molar-refractivity contribution in [1.82, 2.24) is 4.90 Å². The van der Waals surface area contributed by atoms with E-state index in [9.17, 15) is 18.0 Å². The Kier molecular flexibility index (Phi) is 9.89. The number of carbonyl (C=O) groups excluding carboxylic acids is 1. The summed E-state index contributed by atoms with van der Waals surface area (Å²) >= 11 is 0. The lowest BCUT2D eigenvalue weighted by molar-refractivity contribution is -0.274. The SMILES string of the molecule is CC(C)C(N)CCN(C)C(=O)CCc1ccc(OC(F)(F)F)cc1.Cl. The van der Waals surface area contributed by atoms with Gasteiger partial charge in [0.25, 0.3) is 0 Å². The van der Waals surface area contributed by atoms with Gasteiger partial charge < -0.3 is 15.4 Å². The van der Waals surface area contributed by atoms with Crippen LogP contribution in [-0.2, 0) is 11.2 Å². The molecule has 0 heterocycles. The van der Waals surface area contributed by atoms with E-state index in [0.29, 0.717) is 25.3 Å². The lowest BCUT2D eigenvalue weighted by atomic mass is 10.0. The molecule has 0 fully saturated rings. The van der Waals surface area contributed by atoms with Gasteiger partial charge in [0.05, 0.1) is 0 Å². The van der Waals surface area contributed by atoms with E-state index in [-0.39, 0.29) is 30.1 Å². The van der Waals surface area contributed by atoms with Gasteiger partial charge in [-0.25, -0.2) is 0 Å². The van der Waals surface area contributed by atoms with Crippen LogP contribution < -0.4 is 10.5 Å². The molecule has 0 radical (unpaired) electrons. The van der Waals surface area contributed by atoms with Crippen molar-refractivity contribution in [2.45, 2.75) is 45.5 Å². The number of nitrogens with two attached hydrogens (primary N) is 1. The van der Waals surface area contributed by atoms with Crippen LogP contribution in [0.1, 0.15) is 32.3 Å². The fraction of sp³-hybridized carbons (Fsp3) is 0.588. The number of carbonyl (C=O) groups is 1. The summed E-state index contributed by atoms with van der Waals surface area (Å²) in [4.78, 5) is 13.7. The molecule has 1 unspecified atom stereocenters. The number of rotatable bonds is 8. The summed E-state index contributed by atoms with van der Waals surface area (Å²) in [5, 5.41) is 0. The predicted molar refractivity (Wildman–Crippen MR) is 93.8 cm³/mol. The summed E-state index contributed by atoms with van der Waals surface area (Å²) in [6.07, 6.45) is -3.20. The minimum Gasteiger partial charge on any atom is -0.406 e. The van der Waals surface area contributed by atoms with Crippen LogP contribution in [0.15, 0.2) is 24.3 Å². The molecule has 0 bridgehead atoms. The summed E-state index contributed by atoms with van der Waals surface area (Å²) < 4.78 is 40.1. The second-order valence-electron chi connectivity index (χ2n) is 6.20. The number of amides is 1. The third-order valence-corrected chi connectivity index (χ3v) is 3.86. The van der Waals surface area contributed by atoms with E-state index in [0.717, 1.165) is 12.0 Å². The number of nitrogens with zero attached hydrogens (tertiary/aromatic N) is 1. The molecule has 4 nitrogen and oxygen atoms in total. The van der Waals surface area contributed by atoms with Gasteiger partial charge in [0.2, 0.25) is 5.91 Å². The summed E-state index contributed by atoms with van der Waals surface area (Å²) in [6.45, 7) is 4.67. The maximum Gasteiger partial charge on any atom is 0.573 e. The molecular weight excluding hydrogens is 357 g/mol. The minimum atomic E-state index is -4.70. The highest BCUT2D eigenvalue weighted by molar-refractivity contribution is 5.85. The zero-order valence-electron chi connectivity index (χ0n) is 14.7. The van der Waals surface area contributed by atoms with Crippen LogP contribution >= 0.6 is 12.4 Å². The van der Waals surface area contributed by atoms with Crippen molar-refractivity contribution in [3.05, 3.63) is 29.8 Å². The molecule has 0 aliphatic heterocycles. The molecule has 2 N–H and O–H groups in total. The number of ether oxygens (including phenoxy) is 1. The Bertz CT molecular complexity index is 522. The second-order valence-corrected chi connectivity index (χ2v) is 6.20. The summed E-state index contributed by atoms with van der Waals surface area (Å²) in [5.41, 5.74) is 6.74. The topological polar surface area (TPSA) is 55.6 Å². The summed E-state index contributed by atoms with van der Waals surface area (Å²) in [6, 6.07) is 5.62. The van der Waals surface area contributed by atoms with E-state index in [1.165, 1.54) is 24.3 Å². The molecule has 0 saturated heterocycles. The molecule has 0 aromatic heterocycles. The van der Waals surface area contributed by atoms with Crippen molar-refractivity contribution in [2.75, 3.05) is 13.6 Å². The van der Waals surface area contributed by atoms with Crippen molar-refractivity contribution >= 4 is 18.3 Å². The Morgan fingerprint density at radius 1 is 1.24 bits per heavy atom. The highest BCUT2D eigenvalue weighted by atomic mass is 35.5. The molecule has 1 amide bonds. The van der Waals surface area contributed by atoms with Crippen LogP contribution in [-0.4, -0.2) is 36.8 Å². The minimum absolute atomic E-state index is 0. The van der Waals surface area contributed by atoms with E-state index in [2.05, 4.69) is 4.74 Å². The average molecular weight is 383 g/mol.